The maximum Gasteiger partial charge on any atom is 0.298 e. The fourth-order valence-corrected chi connectivity index (χ4v) is 4.62. The predicted molar refractivity (Wildman–Crippen MR) is 124 cm³/mol. The van der Waals surface area contributed by atoms with E-state index in [2.05, 4.69) is 94.8 Å². The Kier molecular flexibility index (Phi) is 3.78. The van der Waals surface area contributed by atoms with Crippen molar-refractivity contribution in [1.82, 2.24) is 9.55 Å². The molecule has 6 aromatic rings. The first-order valence-corrected chi connectivity index (χ1v) is 10.5. The van der Waals surface area contributed by atoms with Crippen molar-refractivity contribution in [3.63, 3.8) is 0 Å². The SMILES string of the molecule is Cc1ccc2c(n1)oc1c(-c3n(-c4ccccc4)c4ccccc4[n+]3C)c(C)ccc12. The molecule has 0 fully saturated rings. The summed E-state index contributed by atoms with van der Waals surface area (Å²) in [4.78, 5) is 4.64. The molecule has 0 atom stereocenters. The highest BCUT2D eigenvalue weighted by molar-refractivity contribution is 6.09. The van der Waals surface area contributed by atoms with E-state index in [1.807, 2.05) is 19.1 Å². The monoisotopic (exact) mass is 404 g/mol. The highest BCUT2D eigenvalue weighted by Crippen LogP contribution is 2.38. The quantitative estimate of drug-likeness (QED) is 0.330. The molecule has 3 heterocycles. The van der Waals surface area contributed by atoms with Gasteiger partial charge in [0.1, 0.15) is 11.3 Å². The second-order valence-corrected chi connectivity index (χ2v) is 8.08. The lowest BCUT2D eigenvalue weighted by molar-refractivity contribution is -0.633. The van der Waals surface area contributed by atoms with E-state index >= 15 is 0 Å². The van der Waals surface area contributed by atoms with Crippen LogP contribution < -0.4 is 4.57 Å². The van der Waals surface area contributed by atoms with E-state index in [0.29, 0.717) is 5.71 Å². The molecule has 0 aliphatic heterocycles. The lowest BCUT2D eigenvalue weighted by Gasteiger charge is -2.07. The second kappa shape index (κ2) is 6.54. The van der Waals surface area contributed by atoms with Gasteiger partial charge in [-0.3, -0.25) is 0 Å². The van der Waals surface area contributed by atoms with E-state index in [4.69, 9.17) is 4.42 Å². The first-order valence-electron chi connectivity index (χ1n) is 10.5. The van der Waals surface area contributed by atoms with Gasteiger partial charge in [-0.1, -0.05) is 42.5 Å². The number of pyridine rings is 1. The molecular formula is C27H22N3O+. The Bertz CT molecular complexity index is 1610. The van der Waals surface area contributed by atoms with E-state index in [1.165, 1.54) is 11.1 Å². The van der Waals surface area contributed by atoms with Crippen LogP contribution in [0.1, 0.15) is 11.3 Å². The predicted octanol–water partition coefficient (Wildman–Crippen LogP) is 6.03. The summed E-state index contributed by atoms with van der Waals surface area (Å²) < 4.78 is 11.0. The van der Waals surface area contributed by atoms with Crippen LogP contribution in [-0.4, -0.2) is 9.55 Å². The maximum absolute atomic E-state index is 6.40. The van der Waals surface area contributed by atoms with Crippen LogP contribution in [0.3, 0.4) is 0 Å². The summed E-state index contributed by atoms with van der Waals surface area (Å²) in [7, 11) is 2.13. The number of aromatic nitrogens is 3. The fraction of sp³-hybridized carbons (Fsp3) is 0.111. The molecule has 0 spiro atoms. The number of para-hydroxylation sites is 3. The third-order valence-electron chi connectivity index (χ3n) is 6.11. The van der Waals surface area contributed by atoms with Crippen LogP contribution in [0.5, 0.6) is 0 Å². The molecule has 3 aromatic carbocycles. The summed E-state index contributed by atoms with van der Waals surface area (Å²) in [6.07, 6.45) is 0. The number of imidazole rings is 1. The van der Waals surface area contributed by atoms with Crippen molar-refractivity contribution < 1.29 is 8.98 Å². The van der Waals surface area contributed by atoms with Gasteiger partial charge in [-0.05, 0) is 55.8 Å². The molecule has 0 N–H and O–H groups in total. The second-order valence-electron chi connectivity index (χ2n) is 8.08. The van der Waals surface area contributed by atoms with Gasteiger partial charge < -0.3 is 4.42 Å². The van der Waals surface area contributed by atoms with Crippen LogP contribution in [0, 0.1) is 13.8 Å². The number of furan rings is 1. The molecule has 0 radical (unpaired) electrons. The van der Waals surface area contributed by atoms with Crippen LogP contribution in [-0.2, 0) is 7.05 Å². The van der Waals surface area contributed by atoms with Crippen molar-refractivity contribution in [2.24, 2.45) is 7.05 Å². The summed E-state index contributed by atoms with van der Waals surface area (Å²) in [6, 6.07) is 27.5. The Morgan fingerprint density at radius 1 is 0.806 bits per heavy atom. The van der Waals surface area contributed by atoms with Crippen molar-refractivity contribution in [3.05, 3.63) is 90.1 Å². The molecule has 150 valence electrons. The van der Waals surface area contributed by atoms with Crippen molar-refractivity contribution in [2.75, 3.05) is 0 Å². The van der Waals surface area contributed by atoms with E-state index in [0.717, 1.165) is 44.6 Å². The van der Waals surface area contributed by atoms with E-state index in [9.17, 15) is 0 Å². The molecule has 31 heavy (non-hydrogen) atoms. The minimum absolute atomic E-state index is 0.687. The molecule has 6 rings (SSSR count). The molecular weight excluding hydrogens is 382 g/mol. The summed E-state index contributed by atoms with van der Waals surface area (Å²) in [5.74, 6) is 1.09. The third kappa shape index (κ3) is 2.55. The number of hydrogen-bond donors (Lipinski definition) is 0. The van der Waals surface area contributed by atoms with Gasteiger partial charge in [0.15, 0.2) is 16.6 Å². The van der Waals surface area contributed by atoms with Crippen LogP contribution in [0.4, 0.5) is 0 Å². The van der Waals surface area contributed by atoms with Crippen LogP contribution >= 0.6 is 0 Å². The first-order chi connectivity index (χ1) is 15.1. The van der Waals surface area contributed by atoms with Crippen molar-refractivity contribution >= 4 is 33.1 Å². The molecule has 4 nitrogen and oxygen atoms in total. The minimum atomic E-state index is 0.687. The molecule has 0 saturated carbocycles. The van der Waals surface area contributed by atoms with Crippen LogP contribution in [0.2, 0.25) is 0 Å². The number of aryl methyl sites for hydroxylation is 3. The summed E-state index contributed by atoms with van der Waals surface area (Å²) in [5.41, 5.74) is 8.23. The largest absolute Gasteiger partial charge is 0.437 e. The molecule has 4 heteroatoms. The van der Waals surface area contributed by atoms with Crippen molar-refractivity contribution in [2.45, 2.75) is 13.8 Å². The lowest BCUT2D eigenvalue weighted by atomic mass is 10.0. The first kappa shape index (κ1) is 17.9. The zero-order valence-electron chi connectivity index (χ0n) is 17.8. The highest BCUT2D eigenvalue weighted by atomic mass is 16.3. The number of benzene rings is 3. The Hall–Kier alpha value is -3.92. The molecule has 0 aliphatic rings. The standard InChI is InChI=1S/C27H22N3O/c1-17-13-15-20-21-16-14-18(2)28-26(21)31-25(20)24(17)27-29(3)22-11-7-8-12-23(22)30(27)19-9-5-4-6-10-19/h4-16H,1-3H3/q+1. The van der Waals surface area contributed by atoms with Gasteiger partial charge in [-0.2, -0.15) is 4.57 Å². The molecule has 3 aromatic heterocycles. The van der Waals surface area contributed by atoms with Gasteiger partial charge in [-0.25, -0.2) is 9.55 Å². The third-order valence-corrected chi connectivity index (χ3v) is 6.11. The van der Waals surface area contributed by atoms with E-state index in [1.54, 1.807) is 0 Å². The minimum Gasteiger partial charge on any atom is -0.437 e. The van der Waals surface area contributed by atoms with Crippen molar-refractivity contribution in [1.29, 1.82) is 0 Å². The number of fused-ring (bicyclic) bond motifs is 4. The van der Waals surface area contributed by atoms with Crippen LogP contribution in [0.15, 0.2) is 83.3 Å². The van der Waals surface area contributed by atoms with E-state index in [-0.39, 0.29) is 0 Å². The topological polar surface area (TPSA) is 34.8 Å². The number of hydrogen-bond acceptors (Lipinski definition) is 2. The summed E-state index contributed by atoms with van der Waals surface area (Å²) >= 11 is 0. The molecule has 0 amide bonds. The van der Waals surface area contributed by atoms with Gasteiger partial charge in [0.05, 0.1) is 7.05 Å². The average Bonchev–Trinajstić information content (AvgIpc) is 3.29. The van der Waals surface area contributed by atoms with Gasteiger partial charge >= 0.3 is 0 Å². The van der Waals surface area contributed by atoms with Gasteiger partial charge in [-0.15, -0.1) is 0 Å². The lowest BCUT2D eigenvalue weighted by Crippen LogP contribution is -2.30. The zero-order chi connectivity index (χ0) is 21.1. The summed E-state index contributed by atoms with van der Waals surface area (Å²) in [6.45, 7) is 4.14. The van der Waals surface area contributed by atoms with Crippen molar-refractivity contribution in [3.8, 4) is 17.1 Å². The molecule has 0 unspecified atom stereocenters. The fourth-order valence-electron chi connectivity index (χ4n) is 4.62. The summed E-state index contributed by atoms with van der Waals surface area (Å²) in [5, 5.41) is 2.14. The van der Waals surface area contributed by atoms with Gasteiger partial charge in [0.25, 0.3) is 5.82 Å². The number of rotatable bonds is 2. The Balaban J connectivity index is 1.80. The molecule has 0 aliphatic carbocycles. The smallest absolute Gasteiger partial charge is 0.298 e. The van der Waals surface area contributed by atoms with Crippen LogP contribution in [0.25, 0.3) is 50.2 Å². The Labute approximate surface area is 180 Å². The van der Waals surface area contributed by atoms with Gasteiger partial charge in [0, 0.05) is 16.5 Å². The Morgan fingerprint density at radius 2 is 1.55 bits per heavy atom. The highest BCUT2D eigenvalue weighted by Gasteiger charge is 2.30. The zero-order valence-corrected chi connectivity index (χ0v) is 17.8. The van der Waals surface area contributed by atoms with Gasteiger partial charge in [0.2, 0.25) is 5.71 Å². The van der Waals surface area contributed by atoms with E-state index < -0.39 is 0 Å². The number of nitrogens with zero attached hydrogens (tertiary/aromatic N) is 3. The maximum atomic E-state index is 6.40. The molecule has 0 bridgehead atoms. The molecule has 0 saturated heterocycles. The average molecular weight is 404 g/mol. The normalized spacial score (nSPS) is 11.7. The Morgan fingerprint density at radius 3 is 2.39 bits per heavy atom.